The summed E-state index contributed by atoms with van der Waals surface area (Å²) in [7, 11) is 2.20. The van der Waals surface area contributed by atoms with Gasteiger partial charge in [0.2, 0.25) is 0 Å². The van der Waals surface area contributed by atoms with Crippen LogP contribution < -0.4 is 5.32 Å². The molecule has 0 amide bonds. The molecule has 0 aliphatic carbocycles. The molecule has 1 aromatic rings. The number of aryl methyl sites for hydroxylation is 1. The van der Waals surface area contributed by atoms with E-state index in [0.29, 0.717) is 23.2 Å². The first-order chi connectivity index (χ1) is 8.47. The summed E-state index contributed by atoms with van der Waals surface area (Å²) in [6.45, 7) is 7.72. The van der Waals surface area contributed by atoms with Crippen LogP contribution >= 0.6 is 11.6 Å². The molecular formula is C14H22ClN3. The third-order valence-electron chi connectivity index (χ3n) is 4.00. The molecule has 0 saturated carbocycles. The van der Waals surface area contributed by atoms with Crippen LogP contribution in [0, 0.1) is 12.8 Å². The van der Waals surface area contributed by atoms with Crippen molar-refractivity contribution in [2.45, 2.75) is 39.3 Å². The van der Waals surface area contributed by atoms with E-state index in [1.54, 1.807) is 0 Å². The minimum absolute atomic E-state index is 0.512. The molecule has 100 valence electrons. The predicted octanol–water partition coefficient (Wildman–Crippen LogP) is 3.18. The largest absolute Gasteiger partial charge is 0.380 e. The van der Waals surface area contributed by atoms with E-state index in [9.17, 15) is 0 Å². The van der Waals surface area contributed by atoms with Crippen LogP contribution in [0.1, 0.15) is 26.0 Å². The number of likely N-dealkylation sites (tertiary alicyclic amines) is 1. The number of hydrogen-bond donors (Lipinski definition) is 1. The highest BCUT2D eigenvalue weighted by molar-refractivity contribution is 6.29. The molecule has 1 fully saturated rings. The van der Waals surface area contributed by atoms with Gasteiger partial charge in [0.05, 0.1) is 11.4 Å². The second-order valence-electron chi connectivity index (χ2n) is 5.52. The highest BCUT2D eigenvalue weighted by Gasteiger charge is 2.28. The normalized spacial score (nSPS) is 29.3. The molecule has 4 heteroatoms. The zero-order valence-corrected chi connectivity index (χ0v) is 12.3. The number of aromatic nitrogens is 1. The van der Waals surface area contributed by atoms with Crippen LogP contribution in [0.2, 0.25) is 5.15 Å². The fourth-order valence-electron chi connectivity index (χ4n) is 2.63. The molecule has 1 saturated heterocycles. The van der Waals surface area contributed by atoms with Crippen LogP contribution in [0.3, 0.4) is 0 Å². The lowest BCUT2D eigenvalue weighted by Crippen LogP contribution is -2.48. The molecule has 3 nitrogen and oxygen atoms in total. The van der Waals surface area contributed by atoms with Crippen LogP contribution in [0.25, 0.3) is 0 Å². The maximum absolute atomic E-state index is 5.89. The van der Waals surface area contributed by atoms with Crippen LogP contribution in [0.15, 0.2) is 12.1 Å². The summed E-state index contributed by atoms with van der Waals surface area (Å²) in [5.41, 5.74) is 2.08. The number of anilines is 1. The monoisotopic (exact) mass is 267 g/mol. The van der Waals surface area contributed by atoms with Crippen LogP contribution in [0.5, 0.6) is 0 Å². The number of hydrogen-bond acceptors (Lipinski definition) is 3. The summed E-state index contributed by atoms with van der Waals surface area (Å²) in [5.74, 6) is 0.640. The van der Waals surface area contributed by atoms with E-state index in [0.717, 1.165) is 17.9 Å². The number of nitrogens with one attached hydrogen (secondary N) is 1. The van der Waals surface area contributed by atoms with Crippen molar-refractivity contribution in [2.75, 3.05) is 18.9 Å². The molecule has 0 radical (unpaired) electrons. The van der Waals surface area contributed by atoms with Gasteiger partial charge < -0.3 is 10.2 Å². The van der Waals surface area contributed by atoms with E-state index in [1.165, 1.54) is 6.42 Å². The van der Waals surface area contributed by atoms with Gasteiger partial charge in [-0.15, -0.1) is 0 Å². The highest BCUT2D eigenvalue weighted by atomic mass is 35.5. The smallest absolute Gasteiger partial charge is 0.129 e. The average molecular weight is 268 g/mol. The lowest BCUT2D eigenvalue weighted by Gasteiger charge is -2.40. The van der Waals surface area contributed by atoms with Gasteiger partial charge in [-0.25, -0.2) is 4.98 Å². The first-order valence-corrected chi connectivity index (χ1v) is 6.95. The maximum Gasteiger partial charge on any atom is 0.129 e. The van der Waals surface area contributed by atoms with Crippen LogP contribution in [-0.2, 0) is 0 Å². The van der Waals surface area contributed by atoms with Gasteiger partial charge in [0.1, 0.15) is 5.15 Å². The summed E-state index contributed by atoms with van der Waals surface area (Å²) in [5, 5.41) is 4.19. The van der Waals surface area contributed by atoms with Crippen molar-refractivity contribution in [3.63, 3.8) is 0 Å². The fraction of sp³-hybridized carbons (Fsp3) is 0.643. The van der Waals surface area contributed by atoms with Crippen molar-refractivity contribution in [1.82, 2.24) is 9.88 Å². The second-order valence-corrected chi connectivity index (χ2v) is 5.91. The van der Waals surface area contributed by atoms with Crippen molar-refractivity contribution in [3.8, 4) is 0 Å². The number of piperidine rings is 1. The first kappa shape index (κ1) is 13.6. The van der Waals surface area contributed by atoms with Gasteiger partial charge in [0, 0.05) is 18.6 Å². The molecule has 1 aliphatic rings. The molecule has 0 spiro atoms. The minimum atomic E-state index is 0.512. The zero-order valence-electron chi connectivity index (χ0n) is 11.6. The number of halogens is 1. The van der Waals surface area contributed by atoms with Gasteiger partial charge in [-0.1, -0.05) is 18.5 Å². The Morgan fingerprint density at radius 1 is 1.39 bits per heavy atom. The summed E-state index contributed by atoms with van der Waals surface area (Å²) in [6.07, 6.45) is 1.17. The molecule has 3 unspecified atom stereocenters. The molecule has 0 aromatic carbocycles. The Morgan fingerprint density at radius 2 is 2.11 bits per heavy atom. The summed E-state index contributed by atoms with van der Waals surface area (Å²) in [4.78, 5) is 6.72. The second kappa shape index (κ2) is 5.45. The van der Waals surface area contributed by atoms with E-state index in [1.807, 2.05) is 19.1 Å². The average Bonchev–Trinajstić information content (AvgIpc) is 2.29. The highest BCUT2D eigenvalue weighted by Crippen LogP contribution is 2.25. The zero-order chi connectivity index (χ0) is 13.3. The number of rotatable bonds is 2. The molecule has 1 N–H and O–H groups in total. The lowest BCUT2D eigenvalue weighted by molar-refractivity contribution is 0.145. The van der Waals surface area contributed by atoms with Gasteiger partial charge >= 0.3 is 0 Å². The Balaban J connectivity index is 2.08. The number of nitrogens with zero attached hydrogens (tertiary/aromatic N) is 2. The van der Waals surface area contributed by atoms with E-state index >= 15 is 0 Å². The quantitative estimate of drug-likeness (QED) is 0.835. The van der Waals surface area contributed by atoms with Crippen molar-refractivity contribution < 1.29 is 0 Å². The topological polar surface area (TPSA) is 28.2 Å². The van der Waals surface area contributed by atoms with Crippen LogP contribution in [0.4, 0.5) is 5.69 Å². The minimum Gasteiger partial charge on any atom is -0.380 e. The standard InChI is InChI=1S/C14H22ClN3/c1-9-8-18(4)10(2)7-13(9)17-12-5-6-14(15)16-11(12)3/h5-6,9-10,13,17H,7-8H2,1-4H3. The summed E-state index contributed by atoms with van der Waals surface area (Å²) >= 11 is 5.89. The van der Waals surface area contributed by atoms with Crippen molar-refractivity contribution in [1.29, 1.82) is 0 Å². The molecular weight excluding hydrogens is 246 g/mol. The van der Waals surface area contributed by atoms with Crippen LogP contribution in [-0.4, -0.2) is 35.6 Å². The SMILES string of the molecule is Cc1nc(Cl)ccc1NC1CC(C)N(C)CC1C. The lowest BCUT2D eigenvalue weighted by atomic mass is 9.89. The Kier molecular flexibility index (Phi) is 4.13. The Labute approximate surface area is 115 Å². The predicted molar refractivity (Wildman–Crippen MR) is 77.3 cm³/mol. The molecule has 1 aromatic heterocycles. The molecule has 1 aliphatic heterocycles. The Hall–Kier alpha value is -0.800. The van der Waals surface area contributed by atoms with E-state index in [2.05, 4.69) is 36.1 Å². The number of pyridine rings is 1. The maximum atomic E-state index is 5.89. The van der Waals surface area contributed by atoms with E-state index in [4.69, 9.17) is 11.6 Å². The Bertz CT molecular complexity index is 422. The molecule has 3 atom stereocenters. The van der Waals surface area contributed by atoms with Gasteiger partial charge in [0.25, 0.3) is 0 Å². The molecule has 18 heavy (non-hydrogen) atoms. The van der Waals surface area contributed by atoms with Crippen molar-refractivity contribution in [3.05, 3.63) is 23.0 Å². The van der Waals surface area contributed by atoms with Gasteiger partial charge in [-0.2, -0.15) is 0 Å². The van der Waals surface area contributed by atoms with E-state index in [-0.39, 0.29) is 0 Å². The van der Waals surface area contributed by atoms with Crippen molar-refractivity contribution in [2.24, 2.45) is 5.92 Å². The summed E-state index contributed by atoms with van der Waals surface area (Å²) < 4.78 is 0. The van der Waals surface area contributed by atoms with Gasteiger partial charge in [0.15, 0.2) is 0 Å². The Morgan fingerprint density at radius 3 is 2.78 bits per heavy atom. The summed E-state index contributed by atoms with van der Waals surface area (Å²) in [6, 6.07) is 5.01. The van der Waals surface area contributed by atoms with Gasteiger partial charge in [-0.05, 0) is 45.4 Å². The molecule has 0 bridgehead atoms. The molecule has 2 rings (SSSR count). The molecule has 2 heterocycles. The van der Waals surface area contributed by atoms with Gasteiger partial charge in [-0.3, -0.25) is 0 Å². The first-order valence-electron chi connectivity index (χ1n) is 6.57. The third kappa shape index (κ3) is 2.96. The van der Waals surface area contributed by atoms with Crippen molar-refractivity contribution >= 4 is 17.3 Å². The fourth-order valence-corrected chi connectivity index (χ4v) is 2.81. The van der Waals surface area contributed by atoms with E-state index < -0.39 is 0 Å². The third-order valence-corrected chi connectivity index (χ3v) is 4.21.